The molecule has 0 spiro atoms. The van der Waals surface area contributed by atoms with Crippen LogP contribution in [0.3, 0.4) is 0 Å². The molecule has 120 valence electrons. The van der Waals surface area contributed by atoms with Gasteiger partial charge in [0, 0.05) is 17.9 Å². The van der Waals surface area contributed by atoms with E-state index >= 15 is 0 Å². The molecule has 0 saturated heterocycles. The molecular weight excluding hydrogens is 288 g/mol. The van der Waals surface area contributed by atoms with Gasteiger partial charge in [-0.1, -0.05) is 18.2 Å². The number of likely N-dealkylation sites (N-methyl/N-ethyl adjacent to an activating group) is 1. The van der Waals surface area contributed by atoms with Gasteiger partial charge in [-0.05, 0) is 68.7 Å². The van der Waals surface area contributed by atoms with E-state index in [0.29, 0.717) is 12.2 Å². The van der Waals surface area contributed by atoms with E-state index in [4.69, 9.17) is 0 Å². The largest absolute Gasteiger partial charge is 0.318 e. The Balaban J connectivity index is 2.17. The average Bonchev–Trinajstić information content (AvgIpc) is 2.51. The molecule has 2 rings (SSSR count). The van der Waals surface area contributed by atoms with Crippen LogP contribution in [0, 0.1) is 20.8 Å². The molecule has 0 saturated carbocycles. The Bertz CT molecular complexity index is 738. The maximum absolute atomic E-state index is 12.5. The van der Waals surface area contributed by atoms with E-state index in [1.807, 2.05) is 64.1 Å². The number of amides is 2. The number of aryl methyl sites for hydroxylation is 3. The van der Waals surface area contributed by atoms with Gasteiger partial charge in [-0.2, -0.15) is 0 Å². The minimum Gasteiger partial charge on any atom is -0.318 e. The zero-order chi connectivity index (χ0) is 17.0. The standard InChI is InChI=1S/C19H22N2O2/c1-5-21(17-8-6-7-13(2)11-17)19(23)18(22)20-16-10-9-14(3)15(4)12-16/h6-12H,5H2,1-4H3,(H,20,22). The molecule has 0 aliphatic heterocycles. The van der Waals surface area contributed by atoms with Gasteiger partial charge in [-0.25, -0.2) is 0 Å². The third-order valence-corrected chi connectivity index (χ3v) is 3.83. The summed E-state index contributed by atoms with van der Waals surface area (Å²) < 4.78 is 0. The smallest absolute Gasteiger partial charge is 0.316 e. The lowest BCUT2D eigenvalue weighted by molar-refractivity contribution is -0.134. The number of hydrogen-bond donors (Lipinski definition) is 1. The molecule has 0 atom stereocenters. The number of hydrogen-bond acceptors (Lipinski definition) is 2. The van der Waals surface area contributed by atoms with Crippen molar-refractivity contribution in [2.24, 2.45) is 0 Å². The second-order valence-corrected chi connectivity index (χ2v) is 5.64. The van der Waals surface area contributed by atoms with Crippen LogP contribution in [0.2, 0.25) is 0 Å². The van der Waals surface area contributed by atoms with E-state index in [0.717, 1.165) is 22.4 Å². The van der Waals surface area contributed by atoms with Crippen molar-refractivity contribution in [3.05, 3.63) is 59.2 Å². The molecule has 0 bridgehead atoms. The van der Waals surface area contributed by atoms with Crippen molar-refractivity contribution in [2.45, 2.75) is 27.7 Å². The summed E-state index contributed by atoms with van der Waals surface area (Å²) in [4.78, 5) is 26.2. The first-order valence-corrected chi connectivity index (χ1v) is 7.69. The maximum atomic E-state index is 12.5. The molecular formula is C19H22N2O2. The summed E-state index contributed by atoms with van der Waals surface area (Å²) in [7, 11) is 0. The highest BCUT2D eigenvalue weighted by atomic mass is 16.2. The summed E-state index contributed by atoms with van der Waals surface area (Å²) >= 11 is 0. The maximum Gasteiger partial charge on any atom is 0.316 e. The van der Waals surface area contributed by atoms with E-state index in [1.54, 1.807) is 6.07 Å². The van der Waals surface area contributed by atoms with Crippen LogP contribution in [0.5, 0.6) is 0 Å². The number of carbonyl (C=O) groups is 2. The van der Waals surface area contributed by atoms with E-state index in [-0.39, 0.29) is 0 Å². The summed E-state index contributed by atoms with van der Waals surface area (Å²) in [6, 6.07) is 13.1. The van der Waals surface area contributed by atoms with Crippen LogP contribution in [0.1, 0.15) is 23.6 Å². The Kier molecular flexibility index (Phi) is 5.16. The minimum atomic E-state index is -0.628. The van der Waals surface area contributed by atoms with Crippen molar-refractivity contribution in [1.82, 2.24) is 0 Å². The van der Waals surface area contributed by atoms with Crippen molar-refractivity contribution in [3.8, 4) is 0 Å². The predicted octanol–water partition coefficient (Wildman–Crippen LogP) is 3.60. The molecule has 2 aromatic rings. The second-order valence-electron chi connectivity index (χ2n) is 5.64. The Morgan fingerprint density at radius 3 is 2.35 bits per heavy atom. The quantitative estimate of drug-likeness (QED) is 0.881. The molecule has 1 N–H and O–H groups in total. The second kappa shape index (κ2) is 7.09. The van der Waals surface area contributed by atoms with Crippen molar-refractivity contribution in [1.29, 1.82) is 0 Å². The summed E-state index contributed by atoms with van der Waals surface area (Å²) in [6.45, 7) is 8.21. The minimum absolute atomic E-state index is 0.433. The molecule has 4 nitrogen and oxygen atoms in total. The fraction of sp³-hybridized carbons (Fsp3) is 0.263. The predicted molar refractivity (Wildman–Crippen MR) is 93.8 cm³/mol. The van der Waals surface area contributed by atoms with E-state index < -0.39 is 11.8 Å². The van der Waals surface area contributed by atoms with Gasteiger partial charge in [0.25, 0.3) is 0 Å². The molecule has 2 amide bonds. The Morgan fingerprint density at radius 2 is 1.74 bits per heavy atom. The monoisotopic (exact) mass is 310 g/mol. The molecule has 0 aromatic heterocycles. The first-order valence-electron chi connectivity index (χ1n) is 7.69. The zero-order valence-electron chi connectivity index (χ0n) is 14.0. The van der Waals surface area contributed by atoms with Gasteiger partial charge in [-0.3, -0.25) is 9.59 Å². The Morgan fingerprint density at radius 1 is 1.00 bits per heavy atom. The molecule has 0 unspecified atom stereocenters. The van der Waals surface area contributed by atoms with Crippen LogP contribution >= 0.6 is 0 Å². The van der Waals surface area contributed by atoms with Gasteiger partial charge in [0.2, 0.25) is 0 Å². The SMILES string of the molecule is CCN(C(=O)C(=O)Nc1ccc(C)c(C)c1)c1cccc(C)c1. The first-order chi connectivity index (χ1) is 10.9. The summed E-state index contributed by atoms with van der Waals surface area (Å²) in [5.41, 5.74) is 4.62. The van der Waals surface area contributed by atoms with Crippen molar-refractivity contribution < 1.29 is 9.59 Å². The molecule has 4 heteroatoms. The molecule has 0 radical (unpaired) electrons. The lowest BCUT2D eigenvalue weighted by Crippen LogP contribution is -2.39. The van der Waals surface area contributed by atoms with Crippen LogP contribution in [0.4, 0.5) is 11.4 Å². The van der Waals surface area contributed by atoms with Gasteiger partial charge in [0.1, 0.15) is 0 Å². The highest BCUT2D eigenvalue weighted by Crippen LogP contribution is 2.17. The fourth-order valence-electron chi connectivity index (χ4n) is 2.37. The van der Waals surface area contributed by atoms with Crippen molar-refractivity contribution in [2.75, 3.05) is 16.8 Å². The van der Waals surface area contributed by atoms with Gasteiger partial charge < -0.3 is 10.2 Å². The Hall–Kier alpha value is -2.62. The highest BCUT2D eigenvalue weighted by molar-refractivity contribution is 6.44. The van der Waals surface area contributed by atoms with Crippen LogP contribution < -0.4 is 10.2 Å². The summed E-state index contributed by atoms with van der Waals surface area (Å²) in [6.07, 6.45) is 0. The van der Waals surface area contributed by atoms with Crippen LogP contribution in [-0.4, -0.2) is 18.4 Å². The highest BCUT2D eigenvalue weighted by Gasteiger charge is 2.22. The zero-order valence-corrected chi connectivity index (χ0v) is 14.0. The van der Waals surface area contributed by atoms with Gasteiger partial charge in [0.05, 0.1) is 0 Å². The molecule has 0 aliphatic carbocycles. The molecule has 0 fully saturated rings. The number of carbonyl (C=O) groups excluding carboxylic acids is 2. The van der Waals surface area contributed by atoms with Crippen molar-refractivity contribution >= 4 is 23.2 Å². The lowest BCUT2D eigenvalue weighted by atomic mass is 10.1. The topological polar surface area (TPSA) is 49.4 Å². The number of rotatable bonds is 3. The van der Waals surface area contributed by atoms with Gasteiger partial charge in [-0.15, -0.1) is 0 Å². The first kappa shape index (κ1) is 16.7. The number of benzene rings is 2. The van der Waals surface area contributed by atoms with Gasteiger partial charge >= 0.3 is 11.8 Å². The molecule has 0 aliphatic rings. The average molecular weight is 310 g/mol. The molecule has 2 aromatic carbocycles. The molecule has 0 heterocycles. The lowest BCUT2D eigenvalue weighted by Gasteiger charge is -2.21. The van der Waals surface area contributed by atoms with E-state index in [9.17, 15) is 9.59 Å². The third kappa shape index (κ3) is 3.97. The molecule has 23 heavy (non-hydrogen) atoms. The van der Waals surface area contributed by atoms with Gasteiger partial charge in [0.15, 0.2) is 0 Å². The van der Waals surface area contributed by atoms with Crippen LogP contribution in [-0.2, 0) is 9.59 Å². The number of nitrogens with one attached hydrogen (secondary N) is 1. The third-order valence-electron chi connectivity index (χ3n) is 3.83. The van der Waals surface area contributed by atoms with E-state index in [2.05, 4.69) is 5.32 Å². The van der Waals surface area contributed by atoms with E-state index in [1.165, 1.54) is 4.90 Å². The number of nitrogens with zero attached hydrogens (tertiary/aromatic N) is 1. The Labute approximate surface area is 137 Å². The van der Waals surface area contributed by atoms with Crippen LogP contribution in [0.25, 0.3) is 0 Å². The fourth-order valence-corrected chi connectivity index (χ4v) is 2.37. The normalized spacial score (nSPS) is 10.3. The van der Waals surface area contributed by atoms with Crippen LogP contribution in [0.15, 0.2) is 42.5 Å². The summed E-state index contributed by atoms with van der Waals surface area (Å²) in [5, 5.41) is 2.68. The summed E-state index contributed by atoms with van der Waals surface area (Å²) in [5.74, 6) is -1.19. The number of anilines is 2. The van der Waals surface area contributed by atoms with Crippen molar-refractivity contribution in [3.63, 3.8) is 0 Å².